The molecule has 0 spiro atoms. The van der Waals surface area contributed by atoms with Gasteiger partial charge in [0.15, 0.2) is 0 Å². The average molecular weight is 819 g/mol. The molecule has 1 amide bonds. The molecule has 10 nitrogen and oxygen atoms in total. The summed E-state index contributed by atoms with van der Waals surface area (Å²) in [6.07, 6.45) is 28.7. The topological polar surface area (TPSA) is 123 Å². The number of unbranched alkanes of at least 4 members (excludes halogenated alkanes) is 11. The molecule has 1 aromatic carbocycles. The van der Waals surface area contributed by atoms with E-state index in [0.29, 0.717) is 18.2 Å². The van der Waals surface area contributed by atoms with Crippen LogP contribution in [0.3, 0.4) is 0 Å². The second-order valence-electron chi connectivity index (χ2n) is 14.9. The van der Waals surface area contributed by atoms with Crippen molar-refractivity contribution in [1.82, 2.24) is 9.55 Å². The van der Waals surface area contributed by atoms with Crippen LogP contribution in [0, 0.1) is 5.92 Å². The van der Waals surface area contributed by atoms with Gasteiger partial charge in [0.05, 0.1) is 24.7 Å². The molecule has 3 aromatic rings. The lowest BCUT2D eigenvalue weighted by atomic mass is 10.1. The number of methoxy groups -OCH3 is 1. The predicted molar refractivity (Wildman–Crippen MR) is 254 cm³/mol. The van der Waals surface area contributed by atoms with Crippen molar-refractivity contribution in [2.45, 2.75) is 158 Å². The number of hydrogen-bond acceptors (Lipinski definition) is 8. The van der Waals surface area contributed by atoms with Crippen molar-refractivity contribution >= 4 is 40.7 Å². The Kier molecular flexibility index (Phi) is 34.1. The molecule has 2 aromatic heterocycles. The van der Waals surface area contributed by atoms with Gasteiger partial charge in [-0.2, -0.15) is 0 Å². The van der Waals surface area contributed by atoms with Crippen molar-refractivity contribution in [3.63, 3.8) is 0 Å². The first kappa shape index (κ1) is 54.7. The van der Waals surface area contributed by atoms with Crippen molar-refractivity contribution in [3.8, 4) is 0 Å². The van der Waals surface area contributed by atoms with E-state index in [1.807, 2.05) is 66.4 Å². The highest BCUT2D eigenvalue weighted by Gasteiger charge is 2.13. The number of aromatic nitrogens is 2. The molecule has 0 unspecified atom stereocenters. The van der Waals surface area contributed by atoms with Crippen LogP contribution >= 0.6 is 0 Å². The van der Waals surface area contributed by atoms with E-state index in [9.17, 15) is 14.4 Å². The fourth-order valence-corrected chi connectivity index (χ4v) is 6.30. The molecule has 4 rings (SSSR count). The summed E-state index contributed by atoms with van der Waals surface area (Å²) in [6.45, 7) is 19.9. The van der Waals surface area contributed by atoms with Crippen molar-refractivity contribution < 1.29 is 14.3 Å². The van der Waals surface area contributed by atoms with Gasteiger partial charge in [-0.05, 0) is 64.5 Å². The largest absolute Gasteiger partial charge is 0.468 e. The highest BCUT2D eigenvalue weighted by atomic mass is 16.5. The second-order valence-corrected chi connectivity index (χ2v) is 14.9. The number of nitrogens with zero attached hydrogens (tertiary/aromatic N) is 5. The molecule has 332 valence electrons. The Morgan fingerprint density at radius 3 is 1.97 bits per heavy atom. The smallest absolute Gasteiger partial charge is 0.325 e. The Bertz CT molecular complexity index is 1600. The molecule has 10 heteroatoms. The van der Waals surface area contributed by atoms with Crippen LogP contribution in [-0.4, -0.2) is 61.4 Å². The predicted octanol–water partition coefficient (Wildman–Crippen LogP) is 11.5. The fraction of sp³-hybridized carbons (Fsp3) is 0.612. The third-order valence-corrected chi connectivity index (χ3v) is 9.37. The third kappa shape index (κ3) is 25.7. The van der Waals surface area contributed by atoms with Crippen LogP contribution < -0.4 is 21.1 Å². The van der Waals surface area contributed by atoms with Crippen LogP contribution in [0.4, 0.5) is 11.4 Å². The highest BCUT2D eigenvalue weighted by molar-refractivity contribution is 5.93. The number of aliphatic imine (C=N–C) groups is 1. The van der Waals surface area contributed by atoms with E-state index in [0.717, 1.165) is 32.2 Å². The first-order valence-electron chi connectivity index (χ1n) is 22.6. The van der Waals surface area contributed by atoms with Crippen LogP contribution in [0.15, 0.2) is 76.5 Å². The Labute approximate surface area is 358 Å². The van der Waals surface area contributed by atoms with Gasteiger partial charge >= 0.3 is 5.97 Å². The number of anilines is 2. The minimum atomic E-state index is -0.501. The van der Waals surface area contributed by atoms with Crippen molar-refractivity contribution in [1.29, 1.82) is 0 Å². The molecule has 1 fully saturated rings. The van der Waals surface area contributed by atoms with E-state index in [1.54, 1.807) is 11.0 Å². The van der Waals surface area contributed by atoms with Crippen molar-refractivity contribution in [3.05, 3.63) is 77.1 Å². The maximum Gasteiger partial charge on any atom is 0.325 e. The number of ether oxygens (including phenoxy) is 1. The summed E-state index contributed by atoms with van der Waals surface area (Å²) in [5, 5.41) is 2.57. The van der Waals surface area contributed by atoms with E-state index in [2.05, 4.69) is 57.7 Å². The average Bonchev–Trinajstić information content (AvgIpc) is 3.26. The summed E-state index contributed by atoms with van der Waals surface area (Å²) in [4.78, 5) is 47.2. The van der Waals surface area contributed by atoms with Gasteiger partial charge in [-0.3, -0.25) is 24.4 Å². The number of nitrogens with two attached hydrogens (primary N) is 1. The molecular weight excluding hydrogens is 737 g/mol. The summed E-state index contributed by atoms with van der Waals surface area (Å²) < 4.78 is 5.86. The number of amides is 1. The zero-order chi connectivity index (χ0) is 44.1. The van der Waals surface area contributed by atoms with Crippen LogP contribution in [0.1, 0.15) is 152 Å². The summed E-state index contributed by atoms with van der Waals surface area (Å²) in [5.74, 6) is 0.0547. The highest BCUT2D eigenvalue weighted by Crippen LogP contribution is 2.27. The van der Waals surface area contributed by atoms with E-state index in [1.165, 1.54) is 136 Å². The Balaban J connectivity index is 0.000000956. The monoisotopic (exact) mass is 819 g/mol. The molecule has 1 saturated heterocycles. The molecule has 0 radical (unpaired) electrons. The van der Waals surface area contributed by atoms with Crippen LogP contribution in [0.5, 0.6) is 0 Å². The van der Waals surface area contributed by atoms with Gasteiger partial charge in [-0.15, -0.1) is 0 Å². The van der Waals surface area contributed by atoms with E-state index < -0.39 is 5.97 Å². The molecule has 3 heterocycles. The molecule has 59 heavy (non-hydrogen) atoms. The minimum absolute atomic E-state index is 0.163. The number of piperidine rings is 1. The lowest BCUT2D eigenvalue weighted by Gasteiger charge is -2.29. The molecule has 1 aliphatic rings. The van der Waals surface area contributed by atoms with Gasteiger partial charge in [0.1, 0.15) is 6.54 Å². The SMILES string of the molecule is CC.CC.CC(C)=CN=CC(C)C.COC(=O)Cn1cc(N(C=O)CCCCCCCCCCCCCCN)ccc1=O.c1ccc2c(N3CCCCC3)cncc2c1. The third-order valence-electron chi connectivity index (χ3n) is 9.37. The van der Waals surface area contributed by atoms with Gasteiger partial charge in [-0.1, -0.05) is 136 Å². The maximum atomic E-state index is 11.9. The standard InChI is InChI=1S/C23H39N3O4.C14H16N2.C8H15N.2C2H6/c1-30-23(29)19-26-18-21(14-15-22(26)28)25(20-27)17-13-11-9-7-5-3-2-4-6-8-10-12-16-24;1-4-8-16(9-5-1)14-11-15-10-12-6-2-3-7-13(12)14;1-7(2)5-9-6-8(3)4;2*1-2/h14-15,18,20H,2-13,16-17,19,24H2,1H3;2-3,6-7,10-11H,1,4-5,8-9H2;5-7H,1-4H3;2*1-2H3. The van der Waals surface area contributed by atoms with Gasteiger partial charge in [0.2, 0.25) is 6.41 Å². The number of allylic oxidation sites excluding steroid dienone is 1. The lowest BCUT2D eigenvalue weighted by Crippen LogP contribution is -2.29. The number of carbonyl (C=O) groups is 2. The maximum absolute atomic E-state index is 11.9. The molecule has 0 atom stereocenters. The molecular formula is C49H82N6O4. The van der Waals surface area contributed by atoms with Crippen molar-refractivity contribution in [2.24, 2.45) is 16.6 Å². The Morgan fingerprint density at radius 1 is 0.847 bits per heavy atom. The normalized spacial score (nSPS) is 11.8. The quantitative estimate of drug-likeness (QED) is 0.0491. The lowest BCUT2D eigenvalue weighted by molar-refractivity contribution is -0.141. The molecule has 0 bridgehead atoms. The number of carbonyl (C=O) groups excluding carboxylic acids is 2. The number of esters is 1. The number of benzene rings is 1. The minimum Gasteiger partial charge on any atom is -0.468 e. The van der Waals surface area contributed by atoms with E-state index in [-0.39, 0.29) is 12.1 Å². The van der Waals surface area contributed by atoms with E-state index >= 15 is 0 Å². The summed E-state index contributed by atoms with van der Waals surface area (Å²) in [6, 6.07) is 11.5. The van der Waals surface area contributed by atoms with Gasteiger partial charge in [0, 0.05) is 61.3 Å². The van der Waals surface area contributed by atoms with Gasteiger partial charge in [0.25, 0.3) is 5.56 Å². The number of hydrogen-bond donors (Lipinski definition) is 1. The van der Waals surface area contributed by atoms with Crippen LogP contribution in [0.2, 0.25) is 0 Å². The number of fused-ring (bicyclic) bond motifs is 1. The number of rotatable bonds is 21. The molecule has 0 aliphatic carbocycles. The van der Waals surface area contributed by atoms with Crippen LogP contribution in [-0.2, 0) is 20.9 Å². The summed E-state index contributed by atoms with van der Waals surface area (Å²) in [5.41, 5.74) is 8.35. The fourth-order valence-electron chi connectivity index (χ4n) is 6.30. The first-order valence-corrected chi connectivity index (χ1v) is 22.6. The van der Waals surface area contributed by atoms with E-state index in [4.69, 9.17) is 5.73 Å². The summed E-state index contributed by atoms with van der Waals surface area (Å²) in [7, 11) is 1.28. The zero-order valence-electron chi connectivity index (χ0n) is 38.6. The van der Waals surface area contributed by atoms with Gasteiger partial charge < -0.3 is 24.8 Å². The zero-order valence-corrected chi connectivity index (χ0v) is 38.6. The van der Waals surface area contributed by atoms with Gasteiger partial charge in [-0.25, -0.2) is 0 Å². The summed E-state index contributed by atoms with van der Waals surface area (Å²) >= 11 is 0. The molecule has 0 saturated carbocycles. The Morgan fingerprint density at radius 2 is 1.42 bits per heavy atom. The first-order chi connectivity index (χ1) is 28.7. The Hall–Kier alpha value is -4.31. The van der Waals surface area contributed by atoms with Crippen LogP contribution in [0.25, 0.3) is 10.8 Å². The molecule has 1 aliphatic heterocycles. The number of pyridine rings is 2. The van der Waals surface area contributed by atoms with Crippen molar-refractivity contribution in [2.75, 3.05) is 43.1 Å². The second kappa shape index (κ2) is 36.7. The molecule has 2 N–H and O–H groups in total.